The first-order valence-corrected chi connectivity index (χ1v) is 6.97. The molecule has 0 saturated heterocycles. The molecule has 0 aliphatic rings. The van der Waals surface area contributed by atoms with Crippen LogP contribution in [0, 0.1) is 0 Å². The Morgan fingerprint density at radius 3 is 2.73 bits per heavy atom. The summed E-state index contributed by atoms with van der Waals surface area (Å²) in [7, 11) is 3.29. The van der Waals surface area contributed by atoms with Crippen LogP contribution in [-0.4, -0.2) is 24.4 Å². The van der Waals surface area contributed by atoms with Crippen LogP contribution < -0.4 is 14.8 Å². The lowest BCUT2D eigenvalue weighted by Gasteiger charge is -2.12. The van der Waals surface area contributed by atoms with E-state index in [4.69, 9.17) is 9.47 Å². The molecule has 1 heterocycles. The standard InChI is InChI=1S/C17H17N3O2/c1-21-13-8-7-12(17(9-13)22-2)10-18-16-11-19-20-15-6-4-3-5-14(15)16/h3-9,11H,10H2,1-2H3,(H,18,20). The van der Waals surface area contributed by atoms with E-state index in [0.29, 0.717) is 6.54 Å². The van der Waals surface area contributed by atoms with Gasteiger partial charge in [0.1, 0.15) is 11.5 Å². The third kappa shape index (κ3) is 2.79. The number of anilines is 1. The Hall–Kier alpha value is -2.82. The first-order valence-electron chi connectivity index (χ1n) is 6.97. The van der Waals surface area contributed by atoms with Gasteiger partial charge < -0.3 is 14.8 Å². The minimum Gasteiger partial charge on any atom is -0.497 e. The molecule has 1 N–H and O–H groups in total. The van der Waals surface area contributed by atoms with Crippen molar-refractivity contribution in [1.82, 2.24) is 10.2 Å². The van der Waals surface area contributed by atoms with Crippen LogP contribution >= 0.6 is 0 Å². The molecular formula is C17H17N3O2. The molecule has 0 aliphatic carbocycles. The fourth-order valence-corrected chi connectivity index (χ4v) is 2.34. The molecule has 0 atom stereocenters. The molecule has 5 nitrogen and oxygen atoms in total. The van der Waals surface area contributed by atoms with Crippen LogP contribution in [0.2, 0.25) is 0 Å². The van der Waals surface area contributed by atoms with Gasteiger partial charge in [0, 0.05) is 23.6 Å². The van der Waals surface area contributed by atoms with Crippen LogP contribution in [0.4, 0.5) is 5.69 Å². The summed E-state index contributed by atoms with van der Waals surface area (Å²) in [5.74, 6) is 1.56. The van der Waals surface area contributed by atoms with Gasteiger partial charge in [0.05, 0.1) is 31.6 Å². The number of nitrogens with zero attached hydrogens (tertiary/aromatic N) is 2. The minimum absolute atomic E-state index is 0.628. The van der Waals surface area contributed by atoms with Crippen molar-refractivity contribution < 1.29 is 9.47 Å². The molecule has 0 spiro atoms. The largest absolute Gasteiger partial charge is 0.497 e. The van der Waals surface area contributed by atoms with Crippen molar-refractivity contribution in [2.75, 3.05) is 19.5 Å². The average molecular weight is 295 g/mol. The summed E-state index contributed by atoms with van der Waals surface area (Å²) in [5, 5.41) is 12.6. The summed E-state index contributed by atoms with van der Waals surface area (Å²) in [6.45, 7) is 0.628. The summed E-state index contributed by atoms with van der Waals surface area (Å²) in [6, 6.07) is 13.7. The quantitative estimate of drug-likeness (QED) is 0.783. The maximum absolute atomic E-state index is 5.42. The van der Waals surface area contributed by atoms with Crippen LogP contribution in [0.3, 0.4) is 0 Å². The van der Waals surface area contributed by atoms with E-state index in [2.05, 4.69) is 15.5 Å². The highest BCUT2D eigenvalue weighted by molar-refractivity contribution is 5.90. The van der Waals surface area contributed by atoms with Gasteiger partial charge in [-0.1, -0.05) is 18.2 Å². The van der Waals surface area contributed by atoms with Crippen molar-refractivity contribution >= 4 is 16.6 Å². The van der Waals surface area contributed by atoms with E-state index in [0.717, 1.165) is 33.7 Å². The number of ether oxygens (including phenoxy) is 2. The monoisotopic (exact) mass is 295 g/mol. The number of aromatic nitrogens is 2. The van der Waals surface area contributed by atoms with E-state index in [1.807, 2.05) is 42.5 Å². The van der Waals surface area contributed by atoms with Gasteiger partial charge in [0.25, 0.3) is 0 Å². The highest BCUT2D eigenvalue weighted by atomic mass is 16.5. The number of hydrogen-bond donors (Lipinski definition) is 1. The summed E-state index contributed by atoms with van der Waals surface area (Å²) in [5.41, 5.74) is 2.86. The zero-order valence-corrected chi connectivity index (χ0v) is 12.5. The van der Waals surface area contributed by atoms with Gasteiger partial charge in [-0.05, 0) is 18.2 Å². The molecule has 112 valence electrons. The van der Waals surface area contributed by atoms with Gasteiger partial charge in [-0.3, -0.25) is 0 Å². The molecule has 0 radical (unpaired) electrons. The molecule has 1 aromatic heterocycles. The van der Waals surface area contributed by atoms with Gasteiger partial charge >= 0.3 is 0 Å². The number of benzene rings is 2. The zero-order chi connectivity index (χ0) is 15.4. The maximum Gasteiger partial charge on any atom is 0.127 e. The van der Waals surface area contributed by atoms with E-state index < -0.39 is 0 Å². The van der Waals surface area contributed by atoms with E-state index in [9.17, 15) is 0 Å². The Labute approximate surface area is 128 Å². The number of hydrogen-bond acceptors (Lipinski definition) is 5. The van der Waals surface area contributed by atoms with Gasteiger partial charge in [0.2, 0.25) is 0 Å². The summed E-state index contributed by atoms with van der Waals surface area (Å²) in [4.78, 5) is 0. The molecule has 0 saturated carbocycles. The molecule has 3 rings (SSSR count). The predicted molar refractivity (Wildman–Crippen MR) is 86.4 cm³/mol. The van der Waals surface area contributed by atoms with Crippen LogP contribution in [-0.2, 0) is 6.54 Å². The highest BCUT2D eigenvalue weighted by Gasteiger charge is 2.07. The summed E-state index contributed by atoms with van der Waals surface area (Å²) in [6.07, 6.45) is 1.73. The summed E-state index contributed by atoms with van der Waals surface area (Å²) >= 11 is 0. The summed E-state index contributed by atoms with van der Waals surface area (Å²) < 4.78 is 10.6. The van der Waals surface area contributed by atoms with Crippen molar-refractivity contribution in [3.63, 3.8) is 0 Å². The zero-order valence-electron chi connectivity index (χ0n) is 12.5. The lowest BCUT2D eigenvalue weighted by molar-refractivity contribution is 0.391. The minimum atomic E-state index is 0.628. The second-order valence-electron chi connectivity index (χ2n) is 4.81. The second kappa shape index (κ2) is 6.30. The third-order valence-electron chi connectivity index (χ3n) is 3.51. The molecule has 3 aromatic rings. The average Bonchev–Trinajstić information content (AvgIpc) is 2.59. The van der Waals surface area contributed by atoms with Gasteiger partial charge in [-0.25, -0.2) is 0 Å². The highest BCUT2D eigenvalue weighted by Crippen LogP contribution is 2.26. The SMILES string of the molecule is COc1ccc(CNc2cnnc3ccccc23)c(OC)c1. The Kier molecular flexibility index (Phi) is 4.05. The van der Waals surface area contributed by atoms with Crippen LogP contribution in [0.1, 0.15) is 5.56 Å². The molecule has 0 fully saturated rings. The van der Waals surface area contributed by atoms with Gasteiger partial charge in [-0.2, -0.15) is 10.2 Å². The predicted octanol–water partition coefficient (Wildman–Crippen LogP) is 3.26. The molecule has 0 aliphatic heterocycles. The second-order valence-corrected chi connectivity index (χ2v) is 4.81. The van der Waals surface area contributed by atoms with Gasteiger partial charge in [0.15, 0.2) is 0 Å². The maximum atomic E-state index is 5.42. The Morgan fingerprint density at radius 2 is 1.91 bits per heavy atom. The smallest absolute Gasteiger partial charge is 0.127 e. The van der Waals surface area contributed by atoms with Gasteiger partial charge in [-0.15, -0.1) is 0 Å². The number of nitrogens with one attached hydrogen (secondary N) is 1. The topological polar surface area (TPSA) is 56.3 Å². The first-order chi connectivity index (χ1) is 10.8. The molecule has 0 unspecified atom stereocenters. The molecule has 0 bridgehead atoms. The van der Waals surface area contributed by atoms with E-state index >= 15 is 0 Å². The van der Waals surface area contributed by atoms with Crippen molar-refractivity contribution in [2.45, 2.75) is 6.54 Å². The Balaban J connectivity index is 1.85. The molecule has 5 heteroatoms. The van der Waals surface area contributed by atoms with Crippen LogP contribution in [0.15, 0.2) is 48.7 Å². The molecule has 2 aromatic carbocycles. The molecular weight excluding hydrogens is 278 g/mol. The fraction of sp³-hybridized carbons (Fsp3) is 0.176. The number of methoxy groups -OCH3 is 2. The van der Waals surface area contributed by atoms with E-state index in [1.165, 1.54) is 0 Å². The first kappa shape index (κ1) is 14.1. The number of fused-ring (bicyclic) bond motifs is 1. The van der Waals surface area contributed by atoms with E-state index in [1.54, 1.807) is 20.4 Å². The molecule has 0 amide bonds. The molecule has 22 heavy (non-hydrogen) atoms. The normalized spacial score (nSPS) is 10.5. The Morgan fingerprint density at radius 1 is 1.05 bits per heavy atom. The van der Waals surface area contributed by atoms with Crippen molar-refractivity contribution in [3.05, 3.63) is 54.2 Å². The lowest BCUT2D eigenvalue weighted by Crippen LogP contribution is -2.03. The van der Waals surface area contributed by atoms with Crippen molar-refractivity contribution in [1.29, 1.82) is 0 Å². The van der Waals surface area contributed by atoms with E-state index in [-0.39, 0.29) is 0 Å². The van der Waals surface area contributed by atoms with Crippen LogP contribution in [0.25, 0.3) is 10.9 Å². The van der Waals surface area contributed by atoms with Crippen molar-refractivity contribution in [3.8, 4) is 11.5 Å². The Bertz CT molecular complexity index is 784. The third-order valence-corrected chi connectivity index (χ3v) is 3.51. The van der Waals surface area contributed by atoms with Crippen molar-refractivity contribution in [2.24, 2.45) is 0 Å². The lowest BCUT2D eigenvalue weighted by atomic mass is 10.1. The van der Waals surface area contributed by atoms with Crippen LogP contribution in [0.5, 0.6) is 11.5 Å². The number of rotatable bonds is 5. The fourth-order valence-electron chi connectivity index (χ4n) is 2.34.